The van der Waals surface area contributed by atoms with E-state index in [1.165, 1.54) is 6.07 Å². The molecule has 0 aliphatic carbocycles. The Hall–Kier alpha value is -1.40. The van der Waals surface area contributed by atoms with Gasteiger partial charge >= 0.3 is 0 Å². The van der Waals surface area contributed by atoms with Crippen LogP contribution in [0.1, 0.15) is 24.5 Å². The zero-order chi connectivity index (χ0) is 13.3. The third-order valence-electron chi connectivity index (χ3n) is 3.17. The third kappa shape index (κ3) is 2.54. The first-order valence-electron chi connectivity index (χ1n) is 5.84. The zero-order valence-electron chi connectivity index (χ0n) is 10.2. The van der Waals surface area contributed by atoms with E-state index in [9.17, 15) is 13.2 Å². The Kier molecular flexibility index (Phi) is 3.41. The van der Waals surface area contributed by atoms with Crippen LogP contribution in [0, 0.1) is 0 Å². The van der Waals surface area contributed by atoms with Crippen LogP contribution in [-0.2, 0) is 27.8 Å². The molecule has 1 aliphatic heterocycles. The van der Waals surface area contributed by atoms with Gasteiger partial charge in [-0.15, -0.1) is 0 Å². The summed E-state index contributed by atoms with van der Waals surface area (Å²) >= 11 is 0. The smallest absolute Gasteiger partial charge is 0.238 e. The summed E-state index contributed by atoms with van der Waals surface area (Å²) in [7, 11) is -3.68. The molecule has 98 valence electrons. The predicted octanol–water partition coefficient (Wildman–Crippen LogP) is 0.629. The van der Waals surface area contributed by atoms with Gasteiger partial charge < -0.3 is 4.90 Å². The van der Waals surface area contributed by atoms with Gasteiger partial charge in [0.1, 0.15) is 0 Å². The van der Waals surface area contributed by atoms with Gasteiger partial charge in [-0.2, -0.15) is 0 Å². The summed E-state index contributed by atoms with van der Waals surface area (Å²) in [5.41, 5.74) is 1.96. The van der Waals surface area contributed by atoms with Crippen LogP contribution in [0.5, 0.6) is 0 Å². The molecule has 0 atom stereocenters. The highest BCUT2D eigenvalue weighted by Gasteiger charge is 2.21. The van der Waals surface area contributed by atoms with Crippen molar-refractivity contribution in [3.8, 4) is 0 Å². The zero-order valence-corrected chi connectivity index (χ0v) is 11.0. The SMILES string of the molecule is CCC(=O)N1CCc2ccc(S(N)(=O)=O)cc2C1. The van der Waals surface area contributed by atoms with Crippen LogP contribution in [0.25, 0.3) is 0 Å². The summed E-state index contributed by atoms with van der Waals surface area (Å²) in [5, 5.41) is 5.10. The van der Waals surface area contributed by atoms with Gasteiger partial charge in [-0.1, -0.05) is 13.0 Å². The third-order valence-corrected chi connectivity index (χ3v) is 4.08. The van der Waals surface area contributed by atoms with Gasteiger partial charge in [0.25, 0.3) is 0 Å². The molecule has 0 bridgehead atoms. The fourth-order valence-corrected chi connectivity index (χ4v) is 2.71. The minimum absolute atomic E-state index is 0.0849. The predicted molar refractivity (Wildman–Crippen MR) is 67.2 cm³/mol. The van der Waals surface area contributed by atoms with Crippen molar-refractivity contribution in [1.29, 1.82) is 0 Å². The normalized spacial score (nSPS) is 15.3. The number of sulfonamides is 1. The molecule has 0 spiro atoms. The van der Waals surface area contributed by atoms with Gasteiger partial charge in [0.2, 0.25) is 15.9 Å². The second kappa shape index (κ2) is 4.70. The number of primary sulfonamides is 1. The van der Waals surface area contributed by atoms with Gasteiger partial charge in [0.15, 0.2) is 0 Å². The maximum Gasteiger partial charge on any atom is 0.238 e. The molecule has 1 aliphatic rings. The largest absolute Gasteiger partial charge is 0.338 e. The molecule has 6 heteroatoms. The Morgan fingerprint density at radius 2 is 2.11 bits per heavy atom. The van der Waals surface area contributed by atoms with Crippen LogP contribution in [0.2, 0.25) is 0 Å². The van der Waals surface area contributed by atoms with E-state index in [1.807, 2.05) is 6.92 Å². The summed E-state index contributed by atoms with van der Waals surface area (Å²) in [5.74, 6) is 0.0849. The molecule has 1 aromatic rings. The second-order valence-electron chi connectivity index (χ2n) is 4.39. The highest BCUT2D eigenvalue weighted by Crippen LogP contribution is 2.22. The van der Waals surface area contributed by atoms with Crippen molar-refractivity contribution >= 4 is 15.9 Å². The number of rotatable bonds is 2. The van der Waals surface area contributed by atoms with Gasteiger partial charge in [0.05, 0.1) is 4.90 Å². The van der Waals surface area contributed by atoms with Crippen LogP contribution in [-0.4, -0.2) is 25.8 Å². The molecule has 18 heavy (non-hydrogen) atoms. The minimum Gasteiger partial charge on any atom is -0.338 e. The summed E-state index contributed by atoms with van der Waals surface area (Å²) < 4.78 is 22.6. The molecule has 5 nitrogen and oxygen atoms in total. The first-order valence-corrected chi connectivity index (χ1v) is 7.39. The lowest BCUT2D eigenvalue weighted by atomic mass is 10.00. The Bertz CT molecular complexity index is 581. The summed E-state index contributed by atoms with van der Waals surface area (Å²) in [6.07, 6.45) is 1.22. The van der Waals surface area contributed by atoms with E-state index in [-0.39, 0.29) is 10.8 Å². The fraction of sp³-hybridized carbons (Fsp3) is 0.417. The first-order chi connectivity index (χ1) is 8.41. The van der Waals surface area contributed by atoms with Crippen LogP contribution >= 0.6 is 0 Å². The Labute approximate surface area is 107 Å². The standard InChI is InChI=1S/C12H16N2O3S/c1-2-12(15)14-6-5-9-3-4-11(18(13,16)17)7-10(9)8-14/h3-4,7H,2,5-6,8H2,1H3,(H2,13,16,17). The molecule has 0 fully saturated rings. The molecule has 1 heterocycles. The molecule has 0 aromatic heterocycles. The number of carbonyl (C=O) groups excluding carboxylic acids is 1. The molecule has 1 aromatic carbocycles. The van der Waals surface area contributed by atoms with E-state index in [1.54, 1.807) is 17.0 Å². The van der Waals surface area contributed by atoms with E-state index in [4.69, 9.17) is 5.14 Å². The summed E-state index contributed by atoms with van der Waals surface area (Å²) in [6, 6.07) is 4.87. The number of amides is 1. The molecular formula is C12H16N2O3S. The highest BCUT2D eigenvalue weighted by molar-refractivity contribution is 7.89. The number of hydrogen-bond acceptors (Lipinski definition) is 3. The molecule has 0 saturated heterocycles. The van der Waals surface area contributed by atoms with Crippen molar-refractivity contribution in [1.82, 2.24) is 4.90 Å². The van der Waals surface area contributed by atoms with Crippen LogP contribution in [0.3, 0.4) is 0 Å². The fourth-order valence-electron chi connectivity index (χ4n) is 2.15. The van der Waals surface area contributed by atoms with Crippen molar-refractivity contribution in [3.63, 3.8) is 0 Å². The van der Waals surface area contributed by atoms with Crippen molar-refractivity contribution in [2.24, 2.45) is 5.14 Å². The molecule has 2 rings (SSSR count). The summed E-state index contributed by atoms with van der Waals surface area (Å²) in [6.45, 7) is 2.97. The monoisotopic (exact) mass is 268 g/mol. The molecule has 0 unspecified atom stereocenters. The molecule has 2 N–H and O–H groups in total. The van der Waals surface area contributed by atoms with Crippen molar-refractivity contribution in [3.05, 3.63) is 29.3 Å². The average Bonchev–Trinajstić information content (AvgIpc) is 2.35. The molecule has 0 radical (unpaired) electrons. The summed E-state index contributed by atoms with van der Waals surface area (Å²) in [4.78, 5) is 13.5. The highest BCUT2D eigenvalue weighted by atomic mass is 32.2. The van der Waals surface area contributed by atoms with Crippen LogP contribution < -0.4 is 5.14 Å². The molecule has 0 saturated carbocycles. The Balaban J connectivity index is 2.33. The first kappa shape index (κ1) is 13.0. The lowest BCUT2D eigenvalue weighted by Gasteiger charge is -2.28. The van der Waals surface area contributed by atoms with Crippen molar-refractivity contribution in [2.75, 3.05) is 6.54 Å². The molecular weight excluding hydrogens is 252 g/mol. The van der Waals surface area contributed by atoms with Crippen molar-refractivity contribution in [2.45, 2.75) is 31.2 Å². The number of carbonyl (C=O) groups is 1. The van der Waals surface area contributed by atoms with Crippen molar-refractivity contribution < 1.29 is 13.2 Å². The van der Waals surface area contributed by atoms with Gasteiger partial charge in [0, 0.05) is 19.5 Å². The van der Waals surface area contributed by atoms with E-state index < -0.39 is 10.0 Å². The maximum absolute atomic E-state index is 11.6. The quantitative estimate of drug-likeness (QED) is 0.854. The number of benzene rings is 1. The number of nitrogens with zero attached hydrogens (tertiary/aromatic N) is 1. The number of fused-ring (bicyclic) bond motifs is 1. The van der Waals surface area contributed by atoms with Gasteiger partial charge in [-0.25, -0.2) is 13.6 Å². The Morgan fingerprint density at radius 3 is 2.72 bits per heavy atom. The van der Waals surface area contributed by atoms with Gasteiger partial charge in [-0.3, -0.25) is 4.79 Å². The average molecular weight is 268 g/mol. The van der Waals surface area contributed by atoms with E-state index >= 15 is 0 Å². The lowest BCUT2D eigenvalue weighted by molar-refractivity contribution is -0.131. The topological polar surface area (TPSA) is 80.5 Å². The van der Waals surface area contributed by atoms with Crippen LogP contribution in [0.15, 0.2) is 23.1 Å². The second-order valence-corrected chi connectivity index (χ2v) is 5.96. The van der Waals surface area contributed by atoms with Crippen LogP contribution in [0.4, 0.5) is 0 Å². The maximum atomic E-state index is 11.6. The van der Waals surface area contributed by atoms with E-state index in [0.717, 1.165) is 17.5 Å². The lowest BCUT2D eigenvalue weighted by Crippen LogP contribution is -2.35. The molecule has 1 amide bonds. The Morgan fingerprint density at radius 1 is 1.39 bits per heavy atom. The van der Waals surface area contributed by atoms with E-state index in [2.05, 4.69) is 0 Å². The number of nitrogens with two attached hydrogens (primary N) is 1. The van der Waals surface area contributed by atoms with Gasteiger partial charge in [-0.05, 0) is 29.7 Å². The number of hydrogen-bond donors (Lipinski definition) is 1. The van der Waals surface area contributed by atoms with E-state index in [0.29, 0.717) is 19.5 Å². The minimum atomic E-state index is -3.68.